The van der Waals surface area contributed by atoms with Crippen molar-refractivity contribution >= 4 is 0 Å². The van der Waals surface area contributed by atoms with Crippen LogP contribution in [0.25, 0.3) is 0 Å². The molecule has 0 saturated carbocycles. The van der Waals surface area contributed by atoms with Crippen LogP contribution >= 0.6 is 0 Å². The Labute approximate surface area is 122 Å². The Hall–Kier alpha value is 1.22. The van der Waals surface area contributed by atoms with Gasteiger partial charge >= 0.3 is 88.6 Å². The molecule has 0 aromatic carbocycles. The summed E-state index contributed by atoms with van der Waals surface area (Å²) in [6.07, 6.45) is 0. The van der Waals surface area contributed by atoms with Gasteiger partial charge in [0.1, 0.15) is 0 Å². The Balaban J connectivity index is -0.0000000400. The van der Waals surface area contributed by atoms with Crippen LogP contribution in [0.15, 0.2) is 0 Å². The van der Waals surface area contributed by atoms with Gasteiger partial charge in [-0.2, -0.15) is 0 Å². The summed E-state index contributed by atoms with van der Waals surface area (Å²) >= 11 is -15.8. The van der Waals surface area contributed by atoms with Crippen LogP contribution < -0.4 is 0 Å². The van der Waals surface area contributed by atoms with Crippen molar-refractivity contribution < 1.29 is 123 Å². The monoisotopic (exact) mass is 458 g/mol. The number of hydrogen-bond donors (Lipinski definition) is 6. The molecule has 0 rings (SSSR count). The number of rotatable bonds is 0. The fraction of sp³-hybridized carbons (Fsp3) is 0. The zero-order valence-corrected chi connectivity index (χ0v) is 13.5. The van der Waals surface area contributed by atoms with Gasteiger partial charge in [0.25, 0.3) is 0 Å². The third-order valence-corrected chi connectivity index (χ3v) is 0. The molecule has 0 fully saturated rings. The van der Waals surface area contributed by atoms with Crippen molar-refractivity contribution in [3.63, 3.8) is 0 Å². The van der Waals surface area contributed by atoms with Gasteiger partial charge in [0.05, 0.1) is 0 Å². The molecule has 6 N–H and O–H groups in total. The van der Waals surface area contributed by atoms with E-state index in [-0.39, 0.29) is 34.7 Å². The van der Waals surface area contributed by atoms with Gasteiger partial charge in [-0.1, -0.05) is 0 Å². The van der Waals surface area contributed by atoms with Gasteiger partial charge in [-0.15, -0.1) is 0 Å². The molecule has 0 bridgehead atoms. The molecule has 0 atom stereocenters. The number of hydrogen-bond acceptors (Lipinski definition) is 6. The van der Waals surface area contributed by atoms with E-state index < -0.39 is 40.8 Å². The average Bonchev–Trinajstić information content (AvgIpc) is 1.41. The molecule has 0 unspecified atom stereocenters. The topological polar surface area (TPSA) is 224 Å². The van der Waals surface area contributed by atoms with E-state index in [0.29, 0.717) is 0 Å². The fourth-order valence-corrected chi connectivity index (χ4v) is 0. The molecule has 108 valence electrons. The van der Waals surface area contributed by atoms with Crippen molar-refractivity contribution in [2.75, 3.05) is 0 Å². The van der Waals surface area contributed by atoms with Crippen molar-refractivity contribution in [2.45, 2.75) is 0 Å². The molecule has 17 heavy (non-hydrogen) atoms. The van der Waals surface area contributed by atoms with Crippen LogP contribution in [0, 0.1) is 0 Å². The van der Waals surface area contributed by atoms with Crippen molar-refractivity contribution in [3.05, 3.63) is 0 Å². The van der Waals surface area contributed by atoms with Crippen molar-refractivity contribution in [3.8, 4) is 0 Å². The van der Waals surface area contributed by atoms with Crippen LogP contribution in [0.1, 0.15) is 0 Å². The maximum atomic E-state index is 8.82. The van der Waals surface area contributed by atoms with E-state index in [9.17, 15) is 0 Å². The van der Waals surface area contributed by atoms with E-state index in [1.54, 1.807) is 0 Å². The Bertz CT molecular complexity index is 336. The first-order valence-corrected chi connectivity index (χ1v) is 8.64. The molecular weight excluding hydrogens is 452 g/mol. The molecule has 0 amide bonds. The second-order valence-electron chi connectivity index (χ2n) is 1.34. The SMILES string of the molecule is [Cr].[Cr].[O]=[Cr](=[O])([OH])[OH].[O]=[Cr](=[O])([OH])[OH].[O]=[Cr](=[O])([OH])[OH]. The van der Waals surface area contributed by atoms with Gasteiger partial charge in [-0.25, -0.2) is 0 Å². The van der Waals surface area contributed by atoms with E-state index in [4.69, 9.17) is 47.8 Å². The summed E-state index contributed by atoms with van der Waals surface area (Å²) in [5, 5.41) is 0. The van der Waals surface area contributed by atoms with Gasteiger partial charge in [-0.3, -0.25) is 0 Å². The van der Waals surface area contributed by atoms with Gasteiger partial charge in [0, 0.05) is 34.7 Å². The van der Waals surface area contributed by atoms with Crippen LogP contribution in [0.4, 0.5) is 0 Å². The molecule has 0 radical (unpaired) electrons. The van der Waals surface area contributed by atoms with Crippen LogP contribution in [0.3, 0.4) is 0 Å². The molecule has 0 aliphatic carbocycles. The second kappa shape index (κ2) is 12.3. The van der Waals surface area contributed by atoms with Gasteiger partial charge in [0.2, 0.25) is 0 Å². The molecule has 0 aromatic heterocycles. The minimum absolute atomic E-state index is 0. The first-order valence-electron chi connectivity index (χ1n) is 2.10. The first-order chi connectivity index (χ1) is 6.00. The maximum absolute atomic E-state index is 8.82. The van der Waals surface area contributed by atoms with Crippen molar-refractivity contribution in [1.29, 1.82) is 0 Å². The first kappa shape index (κ1) is 30.9. The van der Waals surface area contributed by atoms with Gasteiger partial charge < -0.3 is 0 Å². The van der Waals surface area contributed by atoms with E-state index >= 15 is 0 Å². The molecular formula is H6Cr5O12. The van der Waals surface area contributed by atoms with E-state index in [1.165, 1.54) is 0 Å². The molecule has 0 aromatic rings. The summed E-state index contributed by atoms with van der Waals surface area (Å²) in [5.41, 5.74) is 0. The normalized spacial score (nSPS) is 10.2. The summed E-state index contributed by atoms with van der Waals surface area (Å²) in [4.78, 5) is 0. The molecule has 0 aliphatic heterocycles. The summed E-state index contributed by atoms with van der Waals surface area (Å²) in [6, 6.07) is 0. The van der Waals surface area contributed by atoms with Crippen LogP contribution in [0.2, 0.25) is 0 Å². The zero-order valence-electron chi connectivity index (χ0n) is 7.17. The Morgan fingerprint density at radius 2 is 0.412 bits per heavy atom. The van der Waals surface area contributed by atoms with Gasteiger partial charge in [-0.05, 0) is 0 Å². The predicted molar refractivity (Wildman–Crippen MR) is 17.4 cm³/mol. The molecule has 0 spiro atoms. The Kier molecular flexibility index (Phi) is 22.3. The molecule has 0 heterocycles. The summed E-state index contributed by atoms with van der Waals surface area (Å²) in [5.74, 6) is 0. The average molecular weight is 458 g/mol. The minimum atomic E-state index is -5.25. The molecule has 12 nitrogen and oxygen atoms in total. The van der Waals surface area contributed by atoms with Crippen molar-refractivity contribution in [2.24, 2.45) is 0 Å². The summed E-state index contributed by atoms with van der Waals surface area (Å²) in [6.45, 7) is 0. The third kappa shape index (κ3) is 2670. The zero-order chi connectivity index (χ0) is 13.5. The summed E-state index contributed by atoms with van der Waals surface area (Å²) < 4.78 is 95.6. The predicted octanol–water partition coefficient (Wildman–Crippen LogP) is -4.07. The van der Waals surface area contributed by atoms with Crippen LogP contribution in [-0.2, 0) is 98.4 Å². The quantitative estimate of drug-likeness (QED) is 0.204. The van der Waals surface area contributed by atoms with E-state index in [2.05, 4.69) is 0 Å². The molecule has 17 heteroatoms. The van der Waals surface area contributed by atoms with E-state index in [1.807, 2.05) is 0 Å². The fourth-order valence-electron chi connectivity index (χ4n) is 0. The standard InChI is InChI=1S/5Cr.6H2O.6O/h;;;;;6*1H2;;;;;;/q;;3*+2;;;;;;;;;;;;/p-6. The molecule has 0 aliphatic rings. The van der Waals surface area contributed by atoms with Crippen molar-refractivity contribution in [1.82, 2.24) is 0 Å². The summed E-state index contributed by atoms with van der Waals surface area (Å²) in [7, 11) is 0. The Morgan fingerprint density at radius 3 is 0.412 bits per heavy atom. The Morgan fingerprint density at radius 1 is 0.412 bits per heavy atom. The third-order valence-electron chi connectivity index (χ3n) is 0. The van der Waals surface area contributed by atoms with E-state index in [0.717, 1.165) is 0 Å². The van der Waals surface area contributed by atoms with Crippen LogP contribution in [-0.4, -0.2) is 24.9 Å². The van der Waals surface area contributed by atoms with Crippen LogP contribution in [0.5, 0.6) is 0 Å². The van der Waals surface area contributed by atoms with Gasteiger partial charge in [0.15, 0.2) is 0 Å². The molecule has 0 saturated heterocycles. The second-order valence-corrected chi connectivity index (χ2v) is 5.54.